The molecule has 1 amide bonds. The molecule has 0 unspecified atom stereocenters. The molecule has 1 fully saturated rings. The van der Waals surface area contributed by atoms with E-state index in [1.165, 1.54) is 16.6 Å². The zero-order valence-electron chi connectivity index (χ0n) is 12.3. The summed E-state index contributed by atoms with van der Waals surface area (Å²) in [6.45, 7) is 0.954. The molecule has 1 saturated heterocycles. The first-order valence-corrected chi connectivity index (χ1v) is 9.69. The fourth-order valence-electron chi connectivity index (χ4n) is 2.04. The van der Waals surface area contributed by atoms with Crippen molar-refractivity contribution in [2.45, 2.75) is 0 Å². The molecular weight excluding hydrogens is 342 g/mol. The minimum absolute atomic E-state index is 0.0322. The maximum Gasteiger partial charge on any atom is 0.354 e. The Morgan fingerprint density at radius 3 is 2.70 bits per heavy atom. The smallest absolute Gasteiger partial charge is 0.354 e. The largest absolute Gasteiger partial charge is 0.477 e. The van der Waals surface area contributed by atoms with Gasteiger partial charge in [0, 0.05) is 42.9 Å². The first-order valence-electron chi connectivity index (χ1n) is 6.93. The van der Waals surface area contributed by atoms with Crippen molar-refractivity contribution in [1.29, 1.82) is 0 Å². The highest BCUT2D eigenvalue weighted by molar-refractivity contribution is 7.99. The van der Waals surface area contributed by atoms with Gasteiger partial charge in [0.05, 0.1) is 5.75 Å². The van der Waals surface area contributed by atoms with E-state index in [9.17, 15) is 18.0 Å². The molecule has 0 spiro atoms. The van der Waals surface area contributed by atoms with Gasteiger partial charge in [0.25, 0.3) is 5.91 Å². The van der Waals surface area contributed by atoms with Crippen LogP contribution in [0.25, 0.3) is 0 Å². The van der Waals surface area contributed by atoms with Gasteiger partial charge in [0.15, 0.2) is 0 Å². The average Bonchev–Trinajstić information content (AvgIpc) is 2.55. The Balaban J connectivity index is 1.89. The van der Waals surface area contributed by atoms with Crippen LogP contribution < -0.4 is 5.32 Å². The van der Waals surface area contributed by atoms with Gasteiger partial charge in [-0.15, -0.1) is 0 Å². The molecule has 0 atom stereocenters. The van der Waals surface area contributed by atoms with Crippen molar-refractivity contribution in [2.75, 3.05) is 36.9 Å². The lowest BCUT2D eigenvalue weighted by atomic mass is 10.2. The van der Waals surface area contributed by atoms with E-state index in [1.807, 2.05) is 0 Å². The monoisotopic (exact) mass is 359 g/mol. The van der Waals surface area contributed by atoms with E-state index >= 15 is 0 Å². The second-order valence-corrected chi connectivity index (χ2v) is 8.13. The Hall–Kier alpha value is -1.65. The number of amides is 1. The molecule has 126 valence electrons. The lowest BCUT2D eigenvalue weighted by molar-refractivity contribution is 0.0690. The van der Waals surface area contributed by atoms with Crippen molar-refractivity contribution in [3.05, 3.63) is 29.6 Å². The van der Waals surface area contributed by atoms with Gasteiger partial charge in [-0.25, -0.2) is 22.5 Å². The minimum atomic E-state index is -3.38. The lowest BCUT2D eigenvalue weighted by Gasteiger charge is -2.25. The Morgan fingerprint density at radius 2 is 2.04 bits per heavy atom. The Labute approximate surface area is 138 Å². The van der Waals surface area contributed by atoms with Gasteiger partial charge in [-0.3, -0.25) is 4.79 Å². The maximum absolute atomic E-state index is 12.1. The third-order valence-electron chi connectivity index (χ3n) is 3.25. The van der Waals surface area contributed by atoms with Crippen LogP contribution in [0.2, 0.25) is 0 Å². The Morgan fingerprint density at radius 1 is 1.35 bits per heavy atom. The van der Waals surface area contributed by atoms with E-state index in [0.29, 0.717) is 13.1 Å². The maximum atomic E-state index is 12.1. The van der Waals surface area contributed by atoms with Crippen molar-refractivity contribution in [2.24, 2.45) is 0 Å². The summed E-state index contributed by atoms with van der Waals surface area (Å²) in [7, 11) is -3.38. The number of thioether (sulfide) groups is 1. The normalized spacial score (nSPS) is 16.0. The molecule has 2 rings (SSSR count). The first-order chi connectivity index (χ1) is 10.9. The van der Waals surface area contributed by atoms with E-state index in [2.05, 4.69) is 10.3 Å². The third-order valence-corrected chi connectivity index (χ3v) is 6.06. The first kappa shape index (κ1) is 17.7. The van der Waals surface area contributed by atoms with Gasteiger partial charge in [0.1, 0.15) is 5.69 Å². The fourth-order valence-corrected chi connectivity index (χ4v) is 4.53. The SMILES string of the molecule is O=C(NCCS(=O)(=O)N1CCSCC1)c1ccnc(C(=O)O)c1. The number of carbonyl (C=O) groups excluding carboxylic acids is 1. The molecule has 1 aromatic heterocycles. The van der Waals surface area contributed by atoms with Crippen LogP contribution in [0.15, 0.2) is 18.3 Å². The number of nitrogens with one attached hydrogen (secondary N) is 1. The number of aromatic carboxylic acids is 1. The standard InChI is InChI=1S/C13H17N3O5S2/c17-12(10-1-2-14-11(9-10)13(18)19)15-3-8-23(20,21)16-4-6-22-7-5-16/h1-2,9H,3-8H2,(H,15,17)(H,18,19). The molecular formula is C13H17N3O5S2. The summed E-state index contributed by atoms with van der Waals surface area (Å²) < 4.78 is 25.7. The van der Waals surface area contributed by atoms with Gasteiger partial charge in [-0.2, -0.15) is 11.8 Å². The van der Waals surface area contributed by atoms with E-state index < -0.39 is 21.9 Å². The van der Waals surface area contributed by atoms with Crippen LogP contribution in [0.1, 0.15) is 20.8 Å². The summed E-state index contributed by atoms with van der Waals surface area (Å²) in [5.74, 6) is -0.383. The molecule has 0 radical (unpaired) electrons. The highest BCUT2D eigenvalue weighted by atomic mass is 32.2. The summed E-state index contributed by atoms with van der Waals surface area (Å²) >= 11 is 1.71. The lowest BCUT2D eigenvalue weighted by Crippen LogP contribution is -2.41. The number of pyridine rings is 1. The molecule has 23 heavy (non-hydrogen) atoms. The van der Waals surface area contributed by atoms with Gasteiger partial charge in [-0.1, -0.05) is 0 Å². The minimum Gasteiger partial charge on any atom is -0.477 e. The predicted molar refractivity (Wildman–Crippen MR) is 86.2 cm³/mol. The number of nitrogens with zero attached hydrogens (tertiary/aromatic N) is 2. The number of aromatic nitrogens is 1. The number of sulfonamides is 1. The van der Waals surface area contributed by atoms with Gasteiger partial charge in [0.2, 0.25) is 10.0 Å². The fraction of sp³-hybridized carbons (Fsp3) is 0.462. The number of carboxylic acids is 1. The Kier molecular flexibility index (Phi) is 5.97. The van der Waals surface area contributed by atoms with Crippen LogP contribution in [0.3, 0.4) is 0 Å². The molecule has 0 bridgehead atoms. The van der Waals surface area contributed by atoms with Gasteiger partial charge >= 0.3 is 5.97 Å². The highest BCUT2D eigenvalue weighted by Gasteiger charge is 2.23. The van der Waals surface area contributed by atoms with Crippen molar-refractivity contribution >= 4 is 33.7 Å². The average molecular weight is 359 g/mol. The summed E-state index contributed by atoms with van der Waals surface area (Å²) in [5, 5.41) is 11.3. The van der Waals surface area contributed by atoms with Crippen LogP contribution in [0, 0.1) is 0 Å². The molecule has 1 aliphatic heterocycles. The topological polar surface area (TPSA) is 117 Å². The Bertz CT molecular complexity index is 687. The molecule has 0 aliphatic carbocycles. The quantitative estimate of drug-likeness (QED) is 0.728. The molecule has 1 aliphatic rings. The number of carboxylic acid groups (broad SMARTS) is 1. The van der Waals surface area contributed by atoms with E-state index in [-0.39, 0.29) is 23.6 Å². The summed E-state index contributed by atoms with van der Waals surface area (Å²) in [5.41, 5.74) is -0.111. The molecule has 8 nitrogen and oxygen atoms in total. The number of hydrogen-bond donors (Lipinski definition) is 2. The molecule has 2 heterocycles. The second kappa shape index (κ2) is 7.75. The van der Waals surface area contributed by atoms with Gasteiger partial charge < -0.3 is 10.4 Å². The molecule has 10 heteroatoms. The summed E-state index contributed by atoms with van der Waals surface area (Å²) in [6, 6.07) is 2.52. The van der Waals surface area contributed by atoms with Crippen molar-refractivity contribution in [3.8, 4) is 0 Å². The van der Waals surface area contributed by atoms with Crippen LogP contribution >= 0.6 is 11.8 Å². The van der Waals surface area contributed by atoms with E-state index in [1.54, 1.807) is 11.8 Å². The molecule has 2 N–H and O–H groups in total. The highest BCUT2D eigenvalue weighted by Crippen LogP contribution is 2.13. The van der Waals surface area contributed by atoms with Crippen molar-refractivity contribution in [1.82, 2.24) is 14.6 Å². The zero-order chi connectivity index (χ0) is 16.9. The van der Waals surface area contributed by atoms with Gasteiger partial charge in [-0.05, 0) is 12.1 Å². The number of rotatable bonds is 6. The van der Waals surface area contributed by atoms with E-state index in [4.69, 9.17) is 5.11 Å². The van der Waals surface area contributed by atoms with Crippen LogP contribution in [-0.2, 0) is 10.0 Å². The third kappa shape index (κ3) is 4.91. The number of hydrogen-bond acceptors (Lipinski definition) is 6. The second-order valence-electron chi connectivity index (χ2n) is 4.82. The van der Waals surface area contributed by atoms with Crippen molar-refractivity contribution in [3.63, 3.8) is 0 Å². The van der Waals surface area contributed by atoms with E-state index in [0.717, 1.165) is 17.6 Å². The summed E-state index contributed by atoms with van der Waals surface area (Å²) in [6.07, 6.45) is 1.22. The van der Waals surface area contributed by atoms with Crippen LogP contribution in [-0.4, -0.2) is 71.6 Å². The predicted octanol–water partition coefficient (Wildman–Crippen LogP) is -0.112. The molecule has 0 saturated carbocycles. The summed E-state index contributed by atoms with van der Waals surface area (Å²) in [4.78, 5) is 26.4. The number of carbonyl (C=O) groups is 2. The van der Waals surface area contributed by atoms with Crippen LogP contribution in [0.5, 0.6) is 0 Å². The van der Waals surface area contributed by atoms with Crippen LogP contribution in [0.4, 0.5) is 0 Å². The molecule has 0 aromatic carbocycles. The zero-order valence-corrected chi connectivity index (χ0v) is 13.9. The molecule has 1 aromatic rings. The van der Waals surface area contributed by atoms with Crippen molar-refractivity contribution < 1.29 is 23.1 Å².